The Hall–Kier alpha value is -2.10. The summed E-state index contributed by atoms with van der Waals surface area (Å²) in [6, 6.07) is 9.99. The maximum Gasteiger partial charge on any atom is 0.515 e. The van der Waals surface area contributed by atoms with Crippen molar-refractivity contribution in [3.8, 4) is 0 Å². The van der Waals surface area contributed by atoms with Crippen LogP contribution in [-0.4, -0.2) is 19.2 Å². The van der Waals surface area contributed by atoms with Gasteiger partial charge in [-0.25, -0.2) is 4.79 Å². The van der Waals surface area contributed by atoms with E-state index >= 15 is 0 Å². The van der Waals surface area contributed by atoms with Gasteiger partial charge in [0.15, 0.2) is 0 Å². The van der Waals surface area contributed by atoms with Crippen LogP contribution in [0.2, 0.25) is 0 Å². The van der Waals surface area contributed by atoms with Crippen LogP contribution in [0.1, 0.15) is 32.3 Å². The summed E-state index contributed by atoms with van der Waals surface area (Å²) in [7, 11) is 1.17. The van der Waals surface area contributed by atoms with Gasteiger partial charge in [-0.1, -0.05) is 50.3 Å². The lowest BCUT2D eigenvalue weighted by atomic mass is 9.99. The number of hydrogen-bond donors (Lipinski definition) is 0. The Morgan fingerprint density at radius 1 is 1.25 bits per heavy atom. The Morgan fingerprint density at radius 3 is 2.45 bits per heavy atom. The van der Waals surface area contributed by atoms with E-state index in [9.17, 15) is 9.59 Å². The van der Waals surface area contributed by atoms with Crippen molar-refractivity contribution in [1.82, 2.24) is 0 Å². The van der Waals surface area contributed by atoms with Crippen LogP contribution in [0.4, 0.5) is 4.79 Å². The fourth-order valence-electron chi connectivity index (χ4n) is 1.76. The molecule has 0 fully saturated rings. The van der Waals surface area contributed by atoms with Gasteiger partial charge >= 0.3 is 12.1 Å². The zero-order valence-electron chi connectivity index (χ0n) is 12.1. The predicted octanol–water partition coefficient (Wildman–Crippen LogP) is 3.82. The number of rotatable bonds is 5. The summed E-state index contributed by atoms with van der Waals surface area (Å²) >= 11 is 0. The van der Waals surface area contributed by atoms with Crippen LogP contribution in [0.15, 0.2) is 36.4 Å². The first-order valence-electron chi connectivity index (χ1n) is 6.62. The molecule has 0 spiro atoms. The highest BCUT2D eigenvalue weighted by atomic mass is 16.7. The van der Waals surface area contributed by atoms with E-state index in [0.717, 1.165) is 12.0 Å². The van der Waals surface area contributed by atoms with Crippen molar-refractivity contribution in [1.29, 1.82) is 0 Å². The maximum absolute atomic E-state index is 11.6. The molecule has 0 radical (unpaired) electrons. The molecule has 1 atom stereocenters. The Kier molecular flexibility index (Phi) is 6.50. The molecule has 0 aliphatic carbocycles. The number of allylic oxidation sites excluding steroid dienone is 2. The average molecular weight is 276 g/mol. The second-order valence-electron chi connectivity index (χ2n) is 4.46. The second kappa shape index (κ2) is 8.15. The van der Waals surface area contributed by atoms with Crippen LogP contribution >= 0.6 is 0 Å². The van der Waals surface area contributed by atoms with E-state index in [-0.39, 0.29) is 5.92 Å². The lowest BCUT2D eigenvalue weighted by molar-refractivity contribution is -0.143. The molecule has 0 aliphatic heterocycles. The molecule has 0 heterocycles. The Balaban J connectivity index is 2.65. The SMILES string of the molecule is CCC(=CCC(C)C(=O)OC(=O)OC)c1ccccc1. The molecule has 0 aliphatic rings. The van der Waals surface area contributed by atoms with Gasteiger partial charge in [0.2, 0.25) is 0 Å². The molecule has 1 aromatic rings. The van der Waals surface area contributed by atoms with Crippen LogP contribution in [0, 0.1) is 5.92 Å². The van der Waals surface area contributed by atoms with Crippen molar-refractivity contribution in [2.24, 2.45) is 5.92 Å². The van der Waals surface area contributed by atoms with Gasteiger partial charge in [0.1, 0.15) is 0 Å². The Bertz CT molecular complexity index is 477. The first kappa shape index (κ1) is 16.0. The van der Waals surface area contributed by atoms with Crippen LogP contribution in [0.5, 0.6) is 0 Å². The highest BCUT2D eigenvalue weighted by Crippen LogP contribution is 2.20. The van der Waals surface area contributed by atoms with Gasteiger partial charge in [-0.3, -0.25) is 4.79 Å². The molecule has 4 nitrogen and oxygen atoms in total. The molecule has 0 amide bonds. The fourth-order valence-corrected chi connectivity index (χ4v) is 1.76. The van der Waals surface area contributed by atoms with Gasteiger partial charge < -0.3 is 9.47 Å². The third kappa shape index (κ3) is 4.88. The number of esters is 1. The topological polar surface area (TPSA) is 52.6 Å². The highest BCUT2D eigenvalue weighted by molar-refractivity contribution is 5.83. The van der Waals surface area contributed by atoms with E-state index in [0.29, 0.717) is 6.42 Å². The fraction of sp³-hybridized carbons (Fsp3) is 0.375. The molecule has 108 valence electrons. The zero-order valence-corrected chi connectivity index (χ0v) is 12.1. The molecular formula is C16H20O4. The molecule has 1 unspecified atom stereocenters. The largest absolute Gasteiger partial charge is 0.515 e. The van der Waals surface area contributed by atoms with Gasteiger partial charge in [-0.05, 0) is 24.0 Å². The zero-order chi connectivity index (χ0) is 15.0. The van der Waals surface area contributed by atoms with E-state index in [2.05, 4.69) is 16.4 Å². The smallest absolute Gasteiger partial charge is 0.437 e. The van der Waals surface area contributed by atoms with Crippen LogP contribution in [-0.2, 0) is 14.3 Å². The normalized spacial score (nSPS) is 12.7. The van der Waals surface area contributed by atoms with Crippen molar-refractivity contribution in [3.05, 3.63) is 42.0 Å². The Labute approximate surface area is 119 Å². The monoisotopic (exact) mass is 276 g/mol. The van der Waals surface area contributed by atoms with Crippen LogP contribution in [0.3, 0.4) is 0 Å². The maximum atomic E-state index is 11.6. The molecular weight excluding hydrogens is 256 g/mol. The summed E-state index contributed by atoms with van der Waals surface area (Å²) in [5, 5.41) is 0. The highest BCUT2D eigenvalue weighted by Gasteiger charge is 2.17. The van der Waals surface area contributed by atoms with E-state index in [1.165, 1.54) is 12.7 Å². The number of ether oxygens (including phenoxy) is 2. The second-order valence-corrected chi connectivity index (χ2v) is 4.46. The summed E-state index contributed by atoms with van der Waals surface area (Å²) < 4.78 is 8.79. The third-order valence-corrected chi connectivity index (χ3v) is 3.00. The number of methoxy groups -OCH3 is 1. The van der Waals surface area contributed by atoms with E-state index in [1.807, 2.05) is 36.4 Å². The van der Waals surface area contributed by atoms with E-state index in [4.69, 9.17) is 0 Å². The Morgan fingerprint density at radius 2 is 1.90 bits per heavy atom. The van der Waals surface area contributed by atoms with Crippen LogP contribution < -0.4 is 0 Å². The number of carbonyl (C=O) groups is 2. The van der Waals surface area contributed by atoms with Gasteiger partial charge in [0.25, 0.3) is 0 Å². The lowest BCUT2D eigenvalue weighted by Gasteiger charge is -2.09. The van der Waals surface area contributed by atoms with E-state index < -0.39 is 12.1 Å². The average Bonchev–Trinajstić information content (AvgIpc) is 2.48. The molecule has 4 heteroatoms. The van der Waals surface area contributed by atoms with Crippen LogP contribution in [0.25, 0.3) is 5.57 Å². The summed E-state index contributed by atoms with van der Waals surface area (Å²) in [6.07, 6.45) is 2.44. The summed E-state index contributed by atoms with van der Waals surface area (Å²) in [4.78, 5) is 22.5. The van der Waals surface area contributed by atoms with Crippen molar-refractivity contribution in [3.63, 3.8) is 0 Å². The first-order chi connectivity index (χ1) is 9.58. The van der Waals surface area contributed by atoms with Crippen molar-refractivity contribution in [2.75, 3.05) is 7.11 Å². The molecule has 0 N–H and O–H groups in total. The molecule has 0 saturated carbocycles. The quantitative estimate of drug-likeness (QED) is 0.606. The van der Waals surface area contributed by atoms with Gasteiger partial charge in [0.05, 0.1) is 13.0 Å². The minimum absolute atomic E-state index is 0.389. The van der Waals surface area contributed by atoms with Gasteiger partial charge in [-0.15, -0.1) is 0 Å². The predicted molar refractivity (Wildman–Crippen MR) is 77.0 cm³/mol. The van der Waals surface area contributed by atoms with E-state index in [1.54, 1.807) is 6.92 Å². The molecule has 20 heavy (non-hydrogen) atoms. The first-order valence-corrected chi connectivity index (χ1v) is 6.62. The van der Waals surface area contributed by atoms with Crippen molar-refractivity contribution < 1.29 is 19.1 Å². The minimum atomic E-state index is -0.968. The third-order valence-electron chi connectivity index (χ3n) is 3.00. The van der Waals surface area contributed by atoms with Gasteiger partial charge in [0, 0.05) is 0 Å². The summed E-state index contributed by atoms with van der Waals surface area (Å²) in [5.74, 6) is -0.962. The number of carbonyl (C=O) groups excluding carboxylic acids is 2. The lowest BCUT2D eigenvalue weighted by Crippen LogP contribution is -2.18. The summed E-state index contributed by atoms with van der Waals surface area (Å²) in [6.45, 7) is 3.79. The molecule has 1 aromatic carbocycles. The minimum Gasteiger partial charge on any atom is -0.437 e. The summed E-state index contributed by atoms with van der Waals surface area (Å²) in [5.41, 5.74) is 2.31. The molecule has 0 bridgehead atoms. The van der Waals surface area contributed by atoms with Crippen molar-refractivity contribution >= 4 is 17.7 Å². The number of hydrogen-bond acceptors (Lipinski definition) is 4. The molecule has 0 saturated heterocycles. The number of benzene rings is 1. The molecule has 1 rings (SSSR count). The standard InChI is InChI=1S/C16H20O4/c1-4-13(14-8-6-5-7-9-14)11-10-12(2)15(17)20-16(18)19-3/h5-9,11-12H,4,10H2,1-3H3. The molecule has 0 aromatic heterocycles. The van der Waals surface area contributed by atoms with Crippen molar-refractivity contribution in [2.45, 2.75) is 26.7 Å². The van der Waals surface area contributed by atoms with Gasteiger partial charge in [-0.2, -0.15) is 0 Å².